The molecule has 29 heavy (non-hydrogen) atoms. The van der Waals surface area contributed by atoms with Gasteiger partial charge in [-0.15, -0.1) is 0 Å². The van der Waals surface area contributed by atoms with Gasteiger partial charge in [0.05, 0.1) is 13.7 Å². The van der Waals surface area contributed by atoms with Crippen molar-refractivity contribution in [2.24, 2.45) is 5.92 Å². The lowest BCUT2D eigenvalue weighted by Crippen LogP contribution is -2.02. The predicted octanol–water partition coefficient (Wildman–Crippen LogP) is 6.78. The third-order valence-corrected chi connectivity index (χ3v) is 5.18. The number of methoxy groups -OCH3 is 1. The topological polar surface area (TPSA) is 38.7 Å². The van der Waals surface area contributed by atoms with Crippen LogP contribution in [-0.2, 0) is 0 Å². The Hall–Kier alpha value is -2.94. The molecule has 0 amide bonds. The molecule has 3 aromatic carbocycles. The molecule has 0 aromatic heterocycles. The Morgan fingerprint density at radius 1 is 0.793 bits per heavy atom. The molecule has 0 unspecified atom stereocenters. The molecule has 0 saturated heterocycles. The molecule has 0 saturated carbocycles. The van der Waals surface area contributed by atoms with Crippen LogP contribution in [0.2, 0.25) is 0 Å². The molecule has 3 nitrogen and oxygen atoms in total. The molecule has 0 aliphatic rings. The zero-order valence-electron chi connectivity index (χ0n) is 18.0. The van der Waals surface area contributed by atoms with Crippen LogP contribution in [0.15, 0.2) is 54.6 Å². The van der Waals surface area contributed by atoms with Crippen LogP contribution >= 0.6 is 0 Å². The van der Waals surface area contributed by atoms with E-state index in [4.69, 9.17) is 9.47 Å². The summed E-state index contributed by atoms with van der Waals surface area (Å²) in [5.41, 5.74) is 6.93. The fraction of sp³-hybridized carbons (Fsp3) is 0.308. The minimum absolute atomic E-state index is 0.280. The summed E-state index contributed by atoms with van der Waals surface area (Å²) in [5.74, 6) is 2.43. The van der Waals surface area contributed by atoms with Crippen LogP contribution in [0.3, 0.4) is 0 Å². The van der Waals surface area contributed by atoms with Crippen molar-refractivity contribution in [3.8, 4) is 39.5 Å². The summed E-state index contributed by atoms with van der Waals surface area (Å²) in [5, 5.41) is 9.55. The first-order chi connectivity index (χ1) is 13.9. The van der Waals surface area contributed by atoms with Crippen molar-refractivity contribution in [1.29, 1.82) is 0 Å². The highest BCUT2D eigenvalue weighted by Crippen LogP contribution is 2.36. The number of ether oxygens (including phenoxy) is 2. The third kappa shape index (κ3) is 4.92. The van der Waals surface area contributed by atoms with Gasteiger partial charge in [0.1, 0.15) is 5.75 Å². The minimum atomic E-state index is 0.280. The molecule has 3 aromatic rings. The number of phenols is 1. The Bertz CT molecular complexity index is 972. The third-order valence-electron chi connectivity index (χ3n) is 5.18. The number of aromatic hydroxyl groups is 1. The maximum Gasteiger partial charge on any atom is 0.161 e. The van der Waals surface area contributed by atoms with Gasteiger partial charge in [-0.05, 0) is 83.8 Å². The molecule has 0 atom stereocenters. The summed E-state index contributed by atoms with van der Waals surface area (Å²) in [6.07, 6.45) is 1.02. The number of rotatable bonds is 7. The molecule has 3 rings (SSSR count). The zero-order valence-corrected chi connectivity index (χ0v) is 18.0. The smallest absolute Gasteiger partial charge is 0.161 e. The molecular formula is C26H30O3. The van der Waals surface area contributed by atoms with Gasteiger partial charge in [0, 0.05) is 0 Å². The van der Waals surface area contributed by atoms with Crippen LogP contribution in [-0.4, -0.2) is 18.8 Å². The largest absolute Gasteiger partial charge is 0.508 e. The van der Waals surface area contributed by atoms with Gasteiger partial charge >= 0.3 is 0 Å². The average Bonchev–Trinajstić information content (AvgIpc) is 2.70. The fourth-order valence-electron chi connectivity index (χ4n) is 3.44. The van der Waals surface area contributed by atoms with E-state index in [1.165, 1.54) is 22.3 Å². The average molecular weight is 391 g/mol. The summed E-state index contributed by atoms with van der Waals surface area (Å²) in [7, 11) is 1.68. The molecule has 3 heteroatoms. The van der Waals surface area contributed by atoms with E-state index >= 15 is 0 Å². The van der Waals surface area contributed by atoms with E-state index in [-0.39, 0.29) is 5.75 Å². The second-order valence-electron chi connectivity index (χ2n) is 7.93. The standard InChI is InChI=1S/C26H30O3/c1-17(2)12-13-29-25-11-8-21(16-26(25)28-5)24-15-18(3)23(14-19(24)4)20-6-9-22(27)10-7-20/h6-11,14-17,27H,12-13H2,1-5H3. The van der Waals surface area contributed by atoms with E-state index in [1.54, 1.807) is 19.2 Å². The van der Waals surface area contributed by atoms with E-state index < -0.39 is 0 Å². The Balaban J connectivity index is 1.92. The lowest BCUT2D eigenvalue weighted by atomic mass is 9.92. The van der Waals surface area contributed by atoms with Gasteiger partial charge in [-0.25, -0.2) is 0 Å². The van der Waals surface area contributed by atoms with E-state index in [0.29, 0.717) is 12.5 Å². The highest BCUT2D eigenvalue weighted by atomic mass is 16.5. The lowest BCUT2D eigenvalue weighted by molar-refractivity contribution is 0.273. The molecule has 0 heterocycles. The fourth-order valence-corrected chi connectivity index (χ4v) is 3.44. The number of hydrogen-bond donors (Lipinski definition) is 1. The Labute approximate surface area is 173 Å². The van der Waals surface area contributed by atoms with Gasteiger partial charge < -0.3 is 14.6 Å². The van der Waals surface area contributed by atoms with Crippen LogP contribution in [0, 0.1) is 19.8 Å². The van der Waals surface area contributed by atoms with Crippen molar-refractivity contribution in [3.63, 3.8) is 0 Å². The molecule has 0 aliphatic heterocycles. The Morgan fingerprint density at radius 3 is 1.97 bits per heavy atom. The monoisotopic (exact) mass is 390 g/mol. The van der Waals surface area contributed by atoms with Crippen LogP contribution in [0.5, 0.6) is 17.2 Å². The van der Waals surface area contributed by atoms with Crippen LogP contribution in [0.1, 0.15) is 31.4 Å². The summed E-state index contributed by atoms with van der Waals surface area (Å²) in [4.78, 5) is 0. The van der Waals surface area contributed by atoms with Crippen LogP contribution in [0.4, 0.5) is 0 Å². The Morgan fingerprint density at radius 2 is 1.38 bits per heavy atom. The van der Waals surface area contributed by atoms with Crippen molar-refractivity contribution in [2.45, 2.75) is 34.1 Å². The van der Waals surface area contributed by atoms with Gasteiger partial charge in [-0.1, -0.05) is 44.2 Å². The van der Waals surface area contributed by atoms with E-state index in [9.17, 15) is 5.11 Å². The number of benzene rings is 3. The second kappa shape index (κ2) is 9.04. The van der Waals surface area contributed by atoms with E-state index in [2.05, 4.69) is 45.9 Å². The van der Waals surface area contributed by atoms with Gasteiger partial charge in [-0.3, -0.25) is 0 Å². The predicted molar refractivity (Wildman–Crippen MR) is 120 cm³/mol. The normalized spacial score (nSPS) is 11.0. The molecular weight excluding hydrogens is 360 g/mol. The molecule has 0 bridgehead atoms. The van der Waals surface area contributed by atoms with Crippen LogP contribution in [0.25, 0.3) is 22.3 Å². The number of phenolic OH excluding ortho intramolecular Hbond substituents is 1. The van der Waals surface area contributed by atoms with Crippen LogP contribution < -0.4 is 9.47 Å². The minimum Gasteiger partial charge on any atom is -0.508 e. The van der Waals surface area contributed by atoms with Crippen molar-refractivity contribution < 1.29 is 14.6 Å². The Kier molecular flexibility index (Phi) is 6.48. The highest BCUT2D eigenvalue weighted by Gasteiger charge is 2.12. The van der Waals surface area contributed by atoms with E-state index in [0.717, 1.165) is 29.0 Å². The number of hydrogen-bond acceptors (Lipinski definition) is 3. The maximum atomic E-state index is 9.55. The van der Waals surface area contributed by atoms with Gasteiger partial charge in [-0.2, -0.15) is 0 Å². The molecule has 0 aliphatic carbocycles. The quantitative estimate of drug-likeness (QED) is 0.483. The summed E-state index contributed by atoms with van der Waals surface area (Å²) in [6.45, 7) is 9.31. The first-order valence-electron chi connectivity index (χ1n) is 10.1. The summed E-state index contributed by atoms with van der Waals surface area (Å²) >= 11 is 0. The van der Waals surface area contributed by atoms with Gasteiger partial charge in [0.25, 0.3) is 0 Å². The van der Waals surface area contributed by atoms with Crippen molar-refractivity contribution in [3.05, 3.63) is 65.7 Å². The molecule has 0 fully saturated rings. The maximum absolute atomic E-state index is 9.55. The molecule has 0 radical (unpaired) electrons. The van der Waals surface area contributed by atoms with E-state index in [1.807, 2.05) is 24.3 Å². The first-order valence-corrected chi connectivity index (χ1v) is 10.1. The highest BCUT2D eigenvalue weighted by molar-refractivity contribution is 5.77. The first kappa shape index (κ1) is 20.8. The second-order valence-corrected chi connectivity index (χ2v) is 7.93. The van der Waals surface area contributed by atoms with Gasteiger partial charge in [0.15, 0.2) is 11.5 Å². The number of aryl methyl sites for hydroxylation is 2. The van der Waals surface area contributed by atoms with Crippen molar-refractivity contribution >= 4 is 0 Å². The summed E-state index contributed by atoms with van der Waals surface area (Å²) < 4.78 is 11.5. The molecule has 1 N–H and O–H groups in total. The summed E-state index contributed by atoms with van der Waals surface area (Å²) in [6, 6.07) is 17.9. The zero-order chi connectivity index (χ0) is 21.0. The van der Waals surface area contributed by atoms with Crippen molar-refractivity contribution in [1.82, 2.24) is 0 Å². The lowest BCUT2D eigenvalue weighted by Gasteiger charge is -2.16. The molecule has 0 spiro atoms. The van der Waals surface area contributed by atoms with Crippen molar-refractivity contribution in [2.75, 3.05) is 13.7 Å². The van der Waals surface area contributed by atoms with Gasteiger partial charge in [0.2, 0.25) is 0 Å². The SMILES string of the molecule is COc1cc(-c2cc(C)c(-c3ccc(O)cc3)cc2C)ccc1OCCC(C)C. The molecule has 152 valence electrons.